The van der Waals surface area contributed by atoms with Crippen LogP contribution < -0.4 is 10.1 Å². The molecule has 0 aliphatic heterocycles. The van der Waals surface area contributed by atoms with Crippen molar-refractivity contribution in [1.82, 2.24) is 5.32 Å². The van der Waals surface area contributed by atoms with E-state index < -0.39 is 0 Å². The SMILES string of the molecule is COc1ccc(F)cc1/C(C)=C/CCNC1CC1. The monoisotopic (exact) mass is 249 g/mol. The molecule has 0 unspecified atom stereocenters. The van der Waals surface area contributed by atoms with Crippen LogP contribution in [0.1, 0.15) is 31.7 Å². The Morgan fingerprint density at radius 3 is 2.94 bits per heavy atom. The molecule has 0 heterocycles. The summed E-state index contributed by atoms with van der Waals surface area (Å²) in [5.74, 6) is 0.495. The van der Waals surface area contributed by atoms with Gasteiger partial charge in [0.1, 0.15) is 11.6 Å². The van der Waals surface area contributed by atoms with E-state index in [1.54, 1.807) is 13.2 Å². The van der Waals surface area contributed by atoms with Crippen LogP contribution in [0.15, 0.2) is 24.3 Å². The topological polar surface area (TPSA) is 21.3 Å². The molecule has 0 atom stereocenters. The minimum Gasteiger partial charge on any atom is -0.496 e. The van der Waals surface area contributed by atoms with Gasteiger partial charge in [-0.1, -0.05) is 6.08 Å². The highest BCUT2D eigenvalue weighted by molar-refractivity contribution is 5.69. The number of nitrogens with one attached hydrogen (secondary N) is 1. The van der Waals surface area contributed by atoms with Crippen molar-refractivity contribution in [3.8, 4) is 5.75 Å². The van der Waals surface area contributed by atoms with Crippen LogP contribution in [-0.4, -0.2) is 19.7 Å². The summed E-state index contributed by atoms with van der Waals surface area (Å²) in [6, 6.07) is 5.36. The van der Waals surface area contributed by atoms with Gasteiger partial charge in [0.05, 0.1) is 7.11 Å². The van der Waals surface area contributed by atoms with Crippen molar-refractivity contribution in [2.45, 2.75) is 32.2 Å². The first-order valence-electron chi connectivity index (χ1n) is 6.45. The number of hydrogen-bond donors (Lipinski definition) is 1. The zero-order valence-electron chi connectivity index (χ0n) is 11.0. The highest BCUT2D eigenvalue weighted by Crippen LogP contribution is 2.26. The Hall–Kier alpha value is -1.35. The molecular weight excluding hydrogens is 229 g/mol. The van der Waals surface area contributed by atoms with Gasteiger partial charge in [-0.25, -0.2) is 4.39 Å². The average molecular weight is 249 g/mol. The maximum Gasteiger partial charge on any atom is 0.126 e. The van der Waals surface area contributed by atoms with Gasteiger partial charge < -0.3 is 10.1 Å². The van der Waals surface area contributed by atoms with Crippen LogP contribution in [0.4, 0.5) is 4.39 Å². The summed E-state index contributed by atoms with van der Waals surface area (Å²) >= 11 is 0. The molecule has 0 radical (unpaired) electrons. The standard InChI is InChI=1S/C15H20FNO/c1-11(4-3-9-17-13-6-7-13)14-10-12(16)5-8-15(14)18-2/h4-5,8,10,13,17H,3,6-7,9H2,1-2H3/b11-4+. The van der Waals surface area contributed by atoms with Gasteiger partial charge in [0.15, 0.2) is 0 Å². The van der Waals surface area contributed by atoms with Crippen LogP contribution in [0.2, 0.25) is 0 Å². The van der Waals surface area contributed by atoms with E-state index in [1.165, 1.54) is 25.0 Å². The number of ether oxygens (including phenoxy) is 1. The third-order valence-electron chi connectivity index (χ3n) is 3.19. The Bertz CT molecular complexity index is 438. The molecular formula is C15H20FNO. The quantitative estimate of drug-likeness (QED) is 0.780. The molecule has 0 bridgehead atoms. The molecule has 1 aromatic rings. The maximum absolute atomic E-state index is 13.3. The predicted octanol–water partition coefficient (Wildman–Crippen LogP) is 3.38. The largest absolute Gasteiger partial charge is 0.496 e. The van der Waals surface area contributed by atoms with Crippen molar-refractivity contribution in [3.05, 3.63) is 35.7 Å². The van der Waals surface area contributed by atoms with E-state index in [4.69, 9.17) is 4.74 Å². The van der Waals surface area contributed by atoms with E-state index in [0.29, 0.717) is 0 Å². The van der Waals surface area contributed by atoms with Gasteiger partial charge in [0.2, 0.25) is 0 Å². The van der Waals surface area contributed by atoms with Crippen molar-refractivity contribution < 1.29 is 9.13 Å². The summed E-state index contributed by atoms with van der Waals surface area (Å²) in [6.07, 6.45) is 5.70. The smallest absolute Gasteiger partial charge is 0.126 e. The Morgan fingerprint density at radius 1 is 1.50 bits per heavy atom. The van der Waals surface area contributed by atoms with Gasteiger partial charge in [0.25, 0.3) is 0 Å². The minimum atomic E-state index is -0.227. The zero-order chi connectivity index (χ0) is 13.0. The van der Waals surface area contributed by atoms with Crippen molar-refractivity contribution in [1.29, 1.82) is 0 Å². The summed E-state index contributed by atoms with van der Waals surface area (Å²) in [7, 11) is 1.61. The highest BCUT2D eigenvalue weighted by Gasteiger charge is 2.19. The van der Waals surface area contributed by atoms with Crippen molar-refractivity contribution in [2.75, 3.05) is 13.7 Å². The number of benzene rings is 1. The average Bonchev–Trinajstić information content (AvgIpc) is 3.18. The molecule has 3 heteroatoms. The lowest BCUT2D eigenvalue weighted by Crippen LogP contribution is -2.16. The second kappa shape index (κ2) is 6.01. The number of hydrogen-bond acceptors (Lipinski definition) is 2. The molecule has 1 saturated carbocycles. The Morgan fingerprint density at radius 2 is 2.28 bits per heavy atom. The molecule has 0 amide bonds. The number of allylic oxidation sites excluding steroid dienone is 1. The summed E-state index contributed by atoms with van der Waals surface area (Å²) in [6.45, 7) is 2.98. The molecule has 1 aliphatic rings. The molecule has 2 rings (SSSR count). The first-order valence-corrected chi connectivity index (χ1v) is 6.45. The van der Waals surface area contributed by atoms with Crippen molar-refractivity contribution in [2.24, 2.45) is 0 Å². The number of halogens is 1. The molecule has 98 valence electrons. The van der Waals surface area contributed by atoms with Crippen LogP contribution in [-0.2, 0) is 0 Å². The lowest BCUT2D eigenvalue weighted by molar-refractivity contribution is 0.412. The molecule has 18 heavy (non-hydrogen) atoms. The molecule has 0 aromatic heterocycles. The van der Waals surface area contributed by atoms with E-state index in [1.807, 2.05) is 6.92 Å². The van der Waals surface area contributed by atoms with E-state index in [-0.39, 0.29) is 5.82 Å². The molecule has 1 fully saturated rings. The predicted molar refractivity (Wildman–Crippen MR) is 72.2 cm³/mol. The Balaban J connectivity index is 1.98. The number of methoxy groups -OCH3 is 1. The maximum atomic E-state index is 13.3. The summed E-state index contributed by atoms with van der Waals surface area (Å²) < 4.78 is 18.5. The summed E-state index contributed by atoms with van der Waals surface area (Å²) in [4.78, 5) is 0. The van der Waals surface area contributed by atoms with Crippen LogP contribution in [0.3, 0.4) is 0 Å². The second-order valence-corrected chi connectivity index (χ2v) is 4.75. The molecule has 2 nitrogen and oxygen atoms in total. The van der Waals surface area contributed by atoms with Gasteiger partial charge in [-0.05, 0) is 56.5 Å². The second-order valence-electron chi connectivity index (χ2n) is 4.75. The van der Waals surface area contributed by atoms with E-state index in [0.717, 1.165) is 35.9 Å². The highest BCUT2D eigenvalue weighted by atomic mass is 19.1. The van der Waals surface area contributed by atoms with E-state index in [9.17, 15) is 4.39 Å². The molecule has 1 aromatic carbocycles. The molecule has 0 spiro atoms. The van der Waals surface area contributed by atoms with Gasteiger partial charge in [-0.15, -0.1) is 0 Å². The molecule has 1 aliphatic carbocycles. The van der Waals surface area contributed by atoms with Crippen LogP contribution >= 0.6 is 0 Å². The van der Waals surface area contributed by atoms with Gasteiger partial charge in [-0.3, -0.25) is 0 Å². The fourth-order valence-corrected chi connectivity index (χ4v) is 1.96. The van der Waals surface area contributed by atoms with Crippen LogP contribution in [0.5, 0.6) is 5.75 Å². The van der Waals surface area contributed by atoms with Crippen molar-refractivity contribution >= 4 is 5.57 Å². The fourth-order valence-electron chi connectivity index (χ4n) is 1.96. The Labute approximate surface area is 108 Å². The first kappa shape index (κ1) is 13.1. The third kappa shape index (κ3) is 3.57. The van der Waals surface area contributed by atoms with Gasteiger partial charge in [0, 0.05) is 11.6 Å². The van der Waals surface area contributed by atoms with E-state index >= 15 is 0 Å². The minimum absolute atomic E-state index is 0.227. The van der Waals surface area contributed by atoms with Crippen LogP contribution in [0, 0.1) is 5.82 Å². The summed E-state index contributed by atoms with van der Waals surface area (Å²) in [5, 5.41) is 3.45. The molecule has 0 saturated heterocycles. The Kier molecular flexibility index (Phi) is 4.37. The van der Waals surface area contributed by atoms with Crippen LogP contribution in [0.25, 0.3) is 5.57 Å². The fraction of sp³-hybridized carbons (Fsp3) is 0.467. The van der Waals surface area contributed by atoms with Crippen molar-refractivity contribution in [3.63, 3.8) is 0 Å². The zero-order valence-corrected chi connectivity index (χ0v) is 11.0. The van der Waals surface area contributed by atoms with E-state index in [2.05, 4.69) is 11.4 Å². The normalized spacial score (nSPS) is 15.8. The van der Waals surface area contributed by atoms with Gasteiger partial charge in [-0.2, -0.15) is 0 Å². The first-order chi connectivity index (χ1) is 8.70. The number of rotatable bonds is 6. The van der Waals surface area contributed by atoms with Gasteiger partial charge >= 0.3 is 0 Å². The lowest BCUT2D eigenvalue weighted by atomic mass is 10.0. The molecule has 1 N–H and O–H groups in total. The lowest BCUT2D eigenvalue weighted by Gasteiger charge is -2.09. The summed E-state index contributed by atoms with van der Waals surface area (Å²) in [5.41, 5.74) is 1.90. The third-order valence-corrected chi connectivity index (χ3v) is 3.19.